The average Bonchev–Trinajstić information content (AvgIpc) is 2.88. The largest absolute Gasteiger partial charge is 0.348 e. The molecule has 4 rings (SSSR count). The third kappa shape index (κ3) is 6.14. The van der Waals surface area contributed by atoms with Crippen LogP contribution in [0.4, 0.5) is 0 Å². The van der Waals surface area contributed by atoms with Gasteiger partial charge in [0.25, 0.3) is 5.91 Å². The number of benzene rings is 1. The monoisotopic (exact) mass is 506 g/mol. The van der Waals surface area contributed by atoms with E-state index in [4.69, 9.17) is 0 Å². The number of amides is 4. The first kappa shape index (κ1) is 26.3. The maximum absolute atomic E-state index is 13.1. The number of nitrogens with zero attached hydrogens (tertiary/aromatic N) is 2. The highest BCUT2D eigenvalue weighted by Gasteiger charge is 2.33. The smallest absolute Gasteiger partial charge is 0.258 e. The molecule has 1 aromatic carbocycles. The standard InChI is InChI=1S/C27H34N6O4/c1-15(2)24-26(36)30-17(4)27(37)33-11-5-6-22(32-33)25(35)29-16(3)18-7-8-19-14-28-21(13-20(19)12-18)9-10-23(34)31-24/h7-10,12-17,22,24,32H,5-6,11H2,1-4H3,(H,29,35)(H,30,36)(H,31,34)/t16-,17+,22+,24+/m1/s1. The van der Waals surface area contributed by atoms with E-state index in [0.717, 1.165) is 16.3 Å². The van der Waals surface area contributed by atoms with E-state index in [1.165, 1.54) is 11.1 Å². The molecular formula is C27H34N6O4. The highest BCUT2D eigenvalue weighted by molar-refractivity contribution is 5.97. The molecule has 4 N–H and O–H groups in total. The molecule has 0 spiro atoms. The van der Waals surface area contributed by atoms with E-state index in [9.17, 15) is 19.2 Å². The van der Waals surface area contributed by atoms with Crippen molar-refractivity contribution in [3.63, 3.8) is 0 Å². The summed E-state index contributed by atoms with van der Waals surface area (Å²) in [6.45, 7) is 7.56. The Kier molecular flexibility index (Phi) is 7.87. The van der Waals surface area contributed by atoms with Crippen LogP contribution >= 0.6 is 0 Å². The van der Waals surface area contributed by atoms with Gasteiger partial charge in [0.15, 0.2) is 0 Å². The van der Waals surface area contributed by atoms with Gasteiger partial charge in [-0.1, -0.05) is 26.0 Å². The molecular weight excluding hydrogens is 472 g/mol. The maximum Gasteiger partial charge on any atom is 0.258 e. The molecule has 4 amide bonds. The summed E-state index contributed by atoms with van der Waals surface area (Å²) >= 11 is 0. The normalized spacial score (nSPS) is 25.8. The number of hydrogen-bond donors (Lipinski definition) is 4. The number of carbonyl (C=O) groups excluding carboxylic acids is 4. The molecule has 0 saturated carbocycles. The summed E-state index contributed by atoms with van der Waals surface area (Å²) in [5.41, 5.74) is 4.54. The minimum atomic E-state index is -0.848. The lowest BCUT2D eigenvalue weighted by atomic mass is 10.0. The molecule has 0 aliphatic carbocycles. The van der Waals surface area contributed by atoms with Gasteiger partial charge < -0.3 is 16.0 Å². The van der Waals surface area contributed by atoms with Crippen LogP contribution in [0, 0.1) is 5.92 Å². The molecule has 0 radical (unpaired) electrons. The van der Waals surface area contributed by atoms with Crippen molar-refractivity contribution in [2.24, 2.45) is 5.92 Å². The third-order valence-corrected chi connectivity index (χ3v) is 6.78. The minimum Gasteiger partial charge on any atom is -0.348 e. The number of carbonyl (C=O) groups is 4. The summed E-state index contributed by atoms with van der Waals surface area (Å²) in [6.07, 6.45) is 5.90. The van der Waals surface area contributed by atoms with Crippen LogP contribution in [0.25, 0.3) is 16.8 Å². The molecule has 1 aromatic heterocycles. The van der Waals surface area contributed by atoms with Gasteiger partial charge in [-0.3, -0.25) is 29.2 Å². The number of rotatable bonds is 1. The molecule has 196 valence electrons. The molecule has 5 bridgehead atoms. The second-order valence-electron chi connectivity index (χ2n) is 10.1. The summed E-state index contributed by atoms with van der Waals surface area (Å²) < 4.78 is 0. The van der Waals surface area contributed by atoms with Crippen LogP contribution in [-0.2, 0) is 19.2 Å². The molecule has 10 heteroatoms. The fraction of sp³-hybridized carbons (Fsp3) is 0.444. The predicted molar refractivity (Wildman–Crippen MR) is 140 cm³/mol. The van der Waals surface area contributed by atoms with Crippen molar-refractivity contribution in [2.45, 2.75) is 64.7 Å². The lowest BCUT2D eigenvalue weighted by Gasteiger charge is -2.35. The second kappa shape index (κ2) is 11.1. The maximum atomic E-state index is 13.1. The van der Waals surface area contributed by atoms with Gasteiger partial charge in [-0.15, -0.1) is 0 Å². The molecule has 10 nitrogen and oxygen atoms in total. The Balaban J connectivity index is 1.68. The topological polar surface area (TPSA) is 133 Å². The highest BCUT2D eigenvalue weighted by Crippen LogP contribution is 2.22. The van der Waals surface area contributed by atoms with E-state index in [0.29, 0.717) is 25.1 Å². The van der Waals surface area contributed by atoms with E-state index in [1.807, 2.05) is 45.0 Å². The zero-order valence-electron chi connectivity index (χ0n) is 21.6. The molecule has 2 aliphatic rings. The molecule has 3 heterocycles. The van der Waals surface area contributed by atoms with Crippen molar-refractivity contribution in [1.29, 1.82) is 0 Å². The number of pyridine rings is 1. The van der Waals surface area contributed by atoms with E-state index < -0.39 is 29.9 Å². The molecule has 37 heavy (non-hydrogen) atoms. The molecule has 1 fully saturated rings. The van der Waals surface area contributed by atoms with Gasteiger partial charge in [0, 0.05) is 24.2 Å². The zero-order chi connectivity index (χ0) is 26.7. The van der Waals surface area contributed by atoms with Gasteiger partial charge in [-0.05, 0) is 61.8 Å². The van der Waals surface area contributed by atoms with Crippen molar-refractivity contribution in [3.05, 3.63) is 47.8 Å². The van der Waals surface area contributed by atoms with Gasteiger partial charge in [-0.25, -0.2) is 5.43 Å². The predicted octanol–water partition coefficient (Wildman–Crippen LogP) is 1.58. The fourth-order valence-corrected chi connectivity index (χ4v) is 4.56. The van der Waals surface area contributed by atoms with E-state index >= 15 is 0 Å². The van der Waals surface area contributed by atoms with Crippen molar-refractivity contribution in [2.75, 3.05) is 6.54 Å². The summed E-state index contributed by atoms with van der Waals surface area (Å²) in [5.74, 6) is -1.65. The summed E-state index contributed by atoms with van der Waals surface area (Å²) in [4.78, 5) is 56.2. The quantitative estimate of drug-likeness (QED) is 0.464. The summed E-state index contributed by atoms with van der Waals surface area (Å²) in [5, 5.41) is 11.7. The Bertz CT molecular complexity index is 1240. The first-order valence-corrected chi connectivity index (χ1v) is 12.7. The van der Waals surface area contributed by atoms with Crippen LogP contribution in [0.2, 0.25) is 0 Å². The first-order chi connectivity index (χ1) is 17.6. The van der Waals surface area contributed by atoms with E-state index in [-0.39, 0.29) is 23.8 Å². The van der Waals surface area contributed by atoms with Crippen molar-refractivity contribution in [3.8, 4) is 0 Å². The van der Waals surface area contributed by atoms with Crippen LogP contribution in [0.1, 0.15) is 57.8 Å². The number of hydrazine groups is 1. The molecule has 0 unspecified atom stereocenters. The Hall–Kier alpha value is -3.79. The van der Waals surface area contributed by atoms with E-state index in [2.05, 4.69) is 26.4 Å². The van der Waals surface area contributed by atoms with Gasteiger partial charge in [-0.2, -0.15) is 0 Å². The first-order valence-electron chi connectivity index (χ1n) is 12.7. The Morgan fingerprint density at radius 3 is 2.43 bits per heavy atom. The fourth-order valence-electron chi connectivity index (χ4n) is 4.56. The SMILES string of the molecule is CC(C)[C@@H]1NC(=O)C=Cc2cc3cc(ccc3cn2)[C@@H](C)NC(=O)[C@@H]2CCCN(N2)C(=O)[C@H](C)NC1=O. The van der Waals surface area contributed by atoms with Crippen LogP contribution in [0.5, 0.6) is 0 Å². The minimum absolute atomic E-state index is 0.197. The van der Waals surface area contributed by atoms with Crippen molar-refractivity contribution in [1.82, 2.24) is 31.4 Å². The highest BCUT2D eigenvalue weighted by atomic mass is 16.2. The lowest BCUT2D eigenvalue weighted by molar-refractivity contribution is -0.143. The third-order valence-electron chi connectivity index (χ3n) is 6.78. The molecule has 4 atom stereocenters. The number of aromatic nitrogens is 1. The number of fused-ring (bicyclic) bond motifs is 4. The van der Waals surface area contributed by atoms with Crippen LogP contribution in [0.15, 0.2) is 36.5 Å². The lowest BCUT2D eigenvalue weighted by Crippen LogP contribution is -2.61. The second-order valence-corrected chi connectivity index (χ2v) is 10.1. The number of hydrogen-bond acceptors (Lipinski definition) is 6. The van der Waals surface area contributed by atoms with Crippen LogP contribution in [0.3, 0.4) is 0 Å². The Morgan fingerprint density at radius 1 is 0.919 bits per heavy atom. The molecule has 2 aromatic rings. The van der Waals surface area contributed by atoms with Gasteiger partial charge in [0.1, 0.15) is 18.1 Å². The average molecular weight is 507 g/mol. The van der Waals surface area contributed by atoms with Crippen LogP contribution < -0.4 is 21.4 Å². The number of nitrogens with one attached hydrogen (secondary N) is 4. The summed E-state index contributed by atoms with van der Waals surface area (Å²) in [7, 11) is 0. The van der Waals surface area contributed by atoms with Gasteiger partial charge in [0.05, 0.1) is 11.7 Å². The summed E-state index contributed by atoms with van der Waals surface area (Å²) in [6, 6.07) is 5.23. The van der Waals surface area contributed by atoms with Crippen molar-refractivity contribution >= 4 is 40.5 Å². The van der Waals surface area contributed by atoms with Gasteiger partial charge >= 0.3 is 0 Å². The van der Waals surface area contributed by atoms with Crippen molar-refractivity contribution < 1.29 is 19.2 Å². The Labute approximate surface area is 216 Å². The molecule has 1 saturated heterocycles. The van der Waals surface area contributed by atoms with Crippen LogP contribution in [-0.4, -0.2) is 58.3 Å². The van der Waals surface area contributed by atoms with Gasteiger partial charge in [0.2, 0.25) is 17.7 Å². The zero-order valence-corrected chi connectivity index (χ0v) is 21.6. The van der Waals surface area contributed by atoms with E-state index in [1.54, 1.807) is 19.2 Å². The molecule has 2 aliphatic heterocycles. The Morgan fingerprint density at radius 2 is 1.68 bits per heavy atom.